The van der Waals surface area contributed by atoms with Gasteiger partial charge in [0, 0.05) is 24.9 Å². The van der Waals surface area contributed by atoms with E-state index in [-0.39, 0.29) is 24.3 Å². The number of anilines is 1. The highest BCUT2D eigenvalue weighted by Crippen LogP contribution is 2.22. The van der Waals surface area contributed by atoms with Crippen LogP contribution in [-0.2, 0) is 20.7 Å². The van der Waals surface area contributed by atoms with Crippen molar-refractivity contribution in [2.24, 2.45) is 0 Å². The van der Waals surface area contributed by atoms with Crippen molar-refractivity contribution in [3.8, 4) is 0 Å². The van der Waals surface area contributed by atoms with Crippen molar-refractivity contribution in [2.75, 3.05) is 5.73 Å². The standard InChI is InChI=1S/C16H23NO3/c1-11-9-15(10-12(2)19-11)20-16(18)8-5-13-3-6-14(17)7-4-13/h3-4,6-7,11-12,15H,5,8-10,17H2,1-2H3. The maximum Gasteiger partial charge on any atom is 0.306 e. The number of esters is 1. The highest BCUT2D eigenvalue weighted by molar-refractivity contribution is 5.70. The topological polar surface area (TPSA) is 61.5 Å². The van der Waals surface area contributed by atoms with E-state index in [2.05, 4.69) is 0 Å². The lowest BCUT2D eigenvalue weighted by atomic mass is 10.0. The van der Waals surface area contributed by atoms with Crippen molar-refractivity contribution in [1.29, 1.82) is 0 Å². The molecule has 110 valence electrons. The summed E-state index contributed by atoms with van der Waals surface area (Å²) in [6, 6.07) is 7.59. The van der Waals surface area contributed by atoms with Crippen LogP contribution in [0.1, 0.15) is 38.7 Å². The molecule has 2 atom stereocenters. The Kier molecular flexibility index (Phi) is 5.01. The summed E-state index contributed by atoms with van der Waals surface area (Å²) in [5, 5.41) is 0. The van der Waals surface area contributed by atoms with Crippen LogP contribution in [0.2, 0.25) is 0 Å². The number of ether oxygens (including phenoxy) is 2. The Balaban J connectivity index is 1.76. The SMILES string of the molecule is CC1CC(OC(=O)CCc2ccc(N)cc2)CC(C)O1. The van der Waals surface area contributed by atoms with E-state index >= 15 is 0 Å². The summed E-state index contributed by atoms with van der Waals surface area (Å²) in [6.07, 6.45) is 2.99. The Morgan fingerprint density at radius 2 is 1.85 bits per heavy atom. The fourth-order valence-corrected chi connectivity index (χ4v) is 2.62. The summed E-state index contributed by atoms with van der Waals surface area (Å²) in [7, 11) is 0. The van der Waals surface area contributed by atoms with Crippen LogP contribution < -0.4 is 5.73 Å². The molecular formula is C16H23NO3. The fourth-order valence-electron chi connectivity index (χ4n) is 2.62. The molecular weight excluding hydrogens is 254 g/mol. The van der Waals surface area contributed by atoms with Crippen molar-refractivity contribution >= 4 is 11.7 Å². The fraction of sp³-hybridized carbons (Fsp3) is 0.562. The van der Waals surface area contributed by atoms with E-state index in [0.717, 1.165) is 24.1 Å². The molecule has 4 heteroatoms. The van der Waals surface area contributed by atoms with Gasteiger partial charge in [0.2, 0.25) is 0 Å². The van der Waals surface area contributed by atoms with Gasteiger partial charge in [0.15, 0.2) is 0 Å². The number of carbonyl (C=O) groups excluding carboxylic acids is 1. The lowest BCUT2D eigenvalue weighted by molar-refractivity contribution is -0.159. The molecule has 0 spiro atoms. The molecule has 1 aromatic carbocycles. The average Bonchev–Trinajstić information content (AvgIpc) is 2.37. The Labute approximate surface area is 120 Å². The van der Waals surface area contributed by atoms with Crippen LogP contribution >= 0.6 is 0 Å². The Morgan fingerprint density at radius 3 is 2.45 bits per heavy atom. The zero-order valence-electron chi connectivity index (χ0n) is 12.2. The third-order valence-electron chi connectivity index (χ3n) is 3.55. The minimum Gasteiger partial charge on any atom is -0.462 e. The number of nitrogens with two attached hydrogens (primary N) is 1. The van der Waals surface area contributed by atoms with Crippen molar-refractivity contribution in [3.05, 3.63) is 29.8 Å². The van der Waals surface area contributed by atoms with Gasteiger partial charge in [-0.1, -0.05) is 12.1 Å². The van der Waals surface area contributed by atoms with Crippen LogP contribution in [0.5, 0.6) is 0 Å². The average molecular weight is 277 g/mol. The maximum atomic E-state index is 11.9. The van der Waals surface area contributed by atoms with Crippen molar-refractivity contribution in [1.82, 2.24) is 0 Å². The third kappa shape index (κ3) is 4.53. The van der Waals surface area contributed by atoms with E-state index in [9.17, 15) is 4.79 Å². The molecule has 0 aliphatic carbocycles. The van der Waals surface area contributed by atoms with E-state index in [1.807, 2.05) is 38.1 Å². The Hall–Kier alpha value is -1.55. The van der Waals surface area contributed by atoms with Gasteiger partial charge in [-0.05, 0) is 38.0 Å². The quantitative estimate of drug-likeness (QED) is 0.679. The molecule has 0 bridgehead atoms. The lowest BCUT2D eigenvalue weighted by Gasteiger charge is -2.31. The van der Waals surface area contributed by atoms with Crippen LogP contribution in [0.15, 0.2) is 24.3 Å². The van der Waals surface area contributed by atoms with E-state index in [4.69, 9.17) is 15.2 Å². The number of nitrogen functional groups attached to an aromatic ring is 1. The van der Waals surface area contributed by atoms with Gasteiger partial charge in [-0.25, -0.2) is 0 Å². The molecule has 0 aromatic heterocycles. The van der Waals surface area contributed by atoms with Gasteiger partial charge in [-0.2, -0.15) is 0 Å². The van der Waals surface area contributed by atoms with Crippen molar-refractivity contribution in [3.63, 3.8) is 0 Å². The summed E-state index contributed by atoms with van der Waals surface area (Å²) >= 11 is 0. The number of carbonyl (C=O) groups is 1. The Morgan fingerprint density at radius 1 is 1.25 bits per heavy atom. The van der Waals surface area contributed by atoms with Gasteiger partial charge in [0.1, 0.15) is 6.10 Å². The van der Waals surface area contributed by atoms with Gasteiger partial charge < -0.3 is 15.2 Å². The number of hydrogen-bond acceptors (Lipinski definition) is 4. The molecule has 0 radical (unpaired) electrons. The maximum absolute atomic E-state index is 11.9. The molecule has 0 saturated carbocycles. The molecule has 2 N–H and O–H groups in total. The van der Waals surface area contributed by atoms with Crippen LogP contribution in [0.4, 0.5) is 5.69 Å². The van der Waals surface area contributed by atoms with Gasteiger partial charge >= 0.3 is 5.97 Å². The molecule has 2 rings (SSSR count). The van der Waals surface area contributed by atoms with Crippen LogP contribution in [0.3, 0.4) is 0 Å². The first-order valence-electron chi connectivity index (χ1n) is 7.22. The Bertz CT molecular complexity index is 434. The second kappa shape index (κ2) is 6.75. The predicted molar refractivity (Wildman–Crippen MR) is 78.3 cm³/mol. The minimum absolute atomic E-state index is 0.00679. The minimum atomic E-state index is -0.131. The zero-order chi connectivity index (χ0) is 14.5. The largest absolute Gasteiger partial charge is 0.462 e. The van der Waals surface area contributed by atoms with E-state index < -0.39 is 0 Å². The first-order valence-corrected chi connectivity index (χ1v) is 7.22. The first kappa shape index (κ1) is 14.9. The second-order valence-electron chi connectivity index (χ2n) is 5.58. The van der Waals surface area contributed by atoms with Crippen molar-refractivity contribution in [2.45, 2.75) is 57.8 Å². The van der Waals surface area contributed by atoms with E-state index in [1.54, 1.807) is 0 Å². The molecule has 1 heterocycles. The van der Waals surface area contributed by atoms with Gasteiger partial charge in [-0.15, -0.1) is 0 Å². The summed E-state index contributed by atoms with van der Waals surface area (Å²) in [4.78, 5) is 11.9. The molecule has 2 unspecified atom stereocenters. The number of benzene rings is 1. The number of rotatable bonds is 4. The van der Waals surface area contributed by atoms with Gasteiger partial charge in [-0.3, -0.25) is 4.79 Å². The van der Waals surface area contributed by atoms with Crippen LogP contribution in [0, 0.1) is 0 Å². The van der Waals surface area contributed by atoms with Crippen LogP contribution in [0.25, 0.3) is 0 Å². The molecule has 1 aliphatic rings. The second-order valence-corrected chi connectivity index (χ2v) is 5.58. The molecule has 20 heavy (non-hydrogen) atoms. The monoisotopic (exact) mass is 277 g/mol. The van der Waals surface area contributed by atoms with Gasteiger partial charge in [0.05, 0.1) is 12.2 Å². The first-order chi connectivity index (χ1) is 9.52. The van der Waals surface area contributed by atoms with E-state index in [0.29, 0.717) is 12.8 Å². The lowest BCUT2D eigenvalue weighted by Crippen LogP contribution is -2.35. The van der Waals surface area contributed by atoms with Crippen LogP contribution in [-0.4, -0.2) is 24.3 Å². The third-order valence-corrected chi connectivity index (χ3v) is 3.55. The molecule has 1 aliphatic heterocycles. The summed E-state index contributed by atoms with van der Waals surface area (Å²) in [5.41, 5.74) is 7.47. The molecule has 1 fully saturated rings. The number of hydrogen-bond donors (Lipinski definition) is 1. The molecule has 1 aromatic rings. The van der Waals surface area contributed by atoms with E-state index in [1.165, 1.54) is 0 Å². The zero-order valence-corrected chi connectivity index (χ0v) is 12.2. The summed E-state index contributed by atoms with van der Waals surface area (Å²) in [5.74, 6) is -0.131. The smallest absolute Gasteiger partial charge is 0.306 e. The predicted octanol–water partition coefficient (Wildman–Crippen LogP) is 2.70. The summed E-state index contributed by atoms with van der Waals surface area (Å²) in [6.45, 7) is 4.04. The molecule has 1 saturated heterocycles. The molecule has 4 nitrogen and oxygen atoms in total. The number of aryl methyl sites for hydroxylation is 1. The highest BCUT2D eigenvalue weighted by atomic mass is 16.6. The van der Waals surface area contributed by atoms with Gasteiger partial charge in [0.25, 0.3) is 0 Å². The molecule has 0 amide bonds. The summed E-state index contributed by atoms with van der Waals surface area (Å²) < 4.78 is 11.2. The van der Waals surface area contributed by atoms with Crippen molar-refractivity contribution < 1.29 is 14.3 Å². The normalized spacial score (nSPS) is 26.2. The highest BCUT2D eigenvalue weighted by Gasteiger charge is 2.26.